The van der Waals surface area contributed by atoms with E-state index in [0.29, 0.717) is 0 Å². The number of hydrogen-bond donors (Lipinski definition) is 0. The molecular formula is C34H26. The average Bonchev–Trinajstić information content (AvgIpc) is 3.08. The fourth-order valence-electron chi connectivity index (χ4n) is 7.41. The lowest BCUT2D eigenvalue weighted by molar-refractivity contribution is 0.645. The van der Waals surface area contributed by atoms with E-state index in [2.05, 4.69) is 113 Å². The van der Waals surface area contributed by atoms with Crippen LogP contribution in [0.4, 0.5) is 0 Å². The molecule has 34 heavy (non-hydrogen) atoms. The fourth-order valence-corrected chi connectivity index (χ4v) is 7.41. The maximum absolute atomic E-state index is 2.54. The predicted molar refractivity (Wildman–Crippen MR) is 145 cm³/mol. The SMILES string of the molecule is CC1(C)c2ccccc2-c2cc3ccc4ccc5c6c(cc(c21)c3c46)-c1ccccc1C5(C)C. The van der Waals surface area contributed by atoms with E-state index >= 15 is 0 Å². The van der Waals surface area contributed by atoms with Gasteiger partial charge in [0.25, 0.3) is 0 Å². The molecule has 0 spiro atoms. The Morgan fingerprint density at radius 3 is 1.82 bits per heavy atom. The minimum Gasteiger partial charge on any atom is -0.0619 e. The van der Waals surface area contributed by atoms with E-state index in [1.807, 2.05) is 0 Å². The topological polar surface area (TPSA) is 0 Å². The molecule has 2 aliphatic rings. The molecule has 0 atom stereocenters. The first-order valence-corrected chi connectivity index (χ1v) is 12.4. The Labute approximate surface area is 200 Å². The van der Waals surface area contributed by atoms with Crippen molar-refractivity contribution in [2.75, 3.05) is 0 Å². The third-order valence-corrected chi connectivity index (χ3v) is 8.96. The van der Waals surface area contributed by atoms with Crippen LogP contribution in [0.5, 0.6) is 0 Å². The highest BCUT2D eigenvalue weighted by atomic mass is 14.4. The van der Waals surface area contributed by atoms with Crippen LogP contribution in [-0.4, -0.2) is 0 Å². The van der Waals surface area contributed by atoms with Gasteiger partial charge in [-0.25, -0.2) is 0 Å². The van der Waals surface area contributed by atoms with Gasteiger partial charge in [-0.15, -0.1) is 0 Å². The molecule has 6 aromatic carbocycles. The van der Waals surface area contributed by atoms with Crippen molar-refractivity contribution in [1.82, 2.24) is 0 Å². The molecule has 0 heterocycles. The third-order valence-electron chi connectivity index (χ3n) is 8.96. The molecule has 2 aliphatic carbocycles. The summed E-state index contributed by atoms with van der Waals surface area (Å²) in [6.45, 7) is 9.59. The molecule has 6 aromatic rings. The summed E-state index contributed by atoms with van der Waals surface area (Å²) < 4.78 is 0. The first kappa shape index (κ1) is 18.7. The Kier molecular flexibility index (Phi) is 3.14. The van der Waals surface area contributed by atoms with Crippen LogP contribution in [-0.2, 0) is 10.8 Å². The Morgan fingerprint density at radius 1 is 0.441 bits per heavy atom. The summed E-state index contributed by atoms with van der Waals surface area (Å²) in [5, 5.41) is 8.46. The molecule has 0 fully saturated rings. The maximum atomic E-state index is 2.54. The molecule has 0 aliphatic heterocycles. The Bertz CT molecular complexity index is 1840. The monoisotopic (exact) mass is 434 g/mol. The van der Waals surface area contributed by atoms with Gasteiger partial charge in [-0.3, -0.25) is 0 Å². The number of hydrogen-bond acceptors (Lipinski definition) is 0. The van der Waals surface area contributed by atoms with Gasteiger partial charge in [0.15, 0.2) is 0 Å². The smallest absolute Gasteiger partial charge is 0.0165 e. The molecule has 0 N–H and O–H groups in total. The summed E-state index contributed by atoms with van der Waals surface area (Å²) in [7, 11) is 0. The van der Waals surface area contributed by atoms with Gasteiger partial charge in [0.1, 0.15) is 0 Å². The number of rotatable bonds is 0. The van der Waals surface area contributed by atoms with Crippen LogP contribution >= 0.6 is 0 Å². The molecule has 0 radical (unpaired) electrons. The Hall–Kier alpha value is -3.64. The second-order valence-electron chi connectivity index (χ2n) is 11.4. The Balaban J connectivity index is 1.67. The quantitative estimate of drug-likeness (QED) is 0.209. The van der Waals surface area contributed by atoms with E-state index in [0.717, 1.165) is 0 Å². The van der Waals surface area contributed by atoms with Gasteiger partial charge in [-0.05, 0) is 89.0 Å². The fraction of sp³-hybridized carbons (Fsp3) is 0.176. The average molecular weight is 435 g/mol. The van der Waals surface area contributed by atoms with Crippen molar-refractivity contribution >= 4 is 32.3 Å². The minimum atomic E-state index is -0.0305. The normalized spacial score (nSPS) is 16.7. The van der Waals surface area contributed by atoms with E-state index in [4.69, 9.17) is 0 Å². The summed E-state index contributed by atoms with van der Waals surface area (Å²) in [6.07, 6.45) is 0. The first-order valence-electron chi connectivity index (χ1n) is 12.4. The zero-order valence-electron chi connectivity index (χ0n) is 20.1. The van der Waals surface area contributed by atoms with Crippen molar-refractivity contribution in [3.63, 3.8) is 0 Å². The molecule has 0 saturated heterocycles. The van der Waals surface area contributed by atoms with Gasteiger partial charge >= 0.3 is 0 Å². The van der Waals surface area contributed by atoms with E-state index in [1.165, 1.54) is 76.8 Å². The van der Waals surface area contributed by atoms with Crippen molar-refractivity contribution in [1.29, 1.82) is 0 Å². The van der Waals surface area contributed by atoms with Crippen molar-refractivity contribution in [3.8, 4) is 22.3 Å². The van der Waals surface area contributed by atoms with Gasteiger partial charge in [0, 0.05) is 10.8 Å². The van der Waals surface area contributed by atoms with Crippen LogP contribution in [0.1, 0.15) is 49.9 Å². The molecule has 0 aromatic heterocycles. The standard InChI is InChI=1S/C34H26/c1-33(2)26-11-7-5-9-21(26)23-18-25-29-20(14-13-19-15-16-28(33)31(23)30(19)29)17-24-22-10-6-8-12-27(22)34(3,4)32(24)25/h5-18H,1-4H3. The van der Waals surface area contributed by atoms with Gasteiger partial charge in [0.2, 0.25) is 0 Å². The molecule has 0 saturated carbocycles. The van der Waals surface area contributed by atoms with E-state index in [1.54, 1.807) is 0 Å². The molecule has 8 rings (SSSR count). The van der Waals surface area contributed by atoms with Gasteiger partial charge in [-0.2, -0.15) is 0 Å². The molecule has 0 unspecified atom stereocenters. The third kappa shape index (κ3) is 1.95. The number of fused-ring (bicyclic) bond motifs is 6. The maximum Gasteiger partial charge on any atom is 0.0165 e. The van der Waals surface area contributed by atoms with E-state index < -0.39 is 0 Å². The van der Waals surface area contributed by atoms with Crippen LogP contribution in [0.2, 0.25) is 0 Å². The van der Waals surface area contributed by atoms with Crippen molar-refractivity contribution in [3.05, 3.63) is 107 Å². The second kappa shape index (κ2) is 5.70. The lowest BCUT2D eigenvalue weighted by Gasteiger charge is -2.36. The summed E-state index contributed by atoms with van der Waals surface area (Å²) in [4.78, 5) is 0. The molecule has 162 valence electrons. The highest BCUT2D eigenvalue weighted by Gasteiger charge is 2.39. The van der Waals surface area contributed by atoms with Gasteiger partial charge in [0.05, 0.1) is 0 Å². The predicted octanol–water partition coefficient (Wildman–Crippen LogP) is 9.20. The zero-order valence-corrected chi connectivity index (χ0v) is 20.1. The van der Waals surface area contributed by atoms with Crippen molar-refractivity contribution in [2.24, 2.45) is 0 Å². The molecule has 0 bridgehead atoms. The number of benzene rings is 6. The summed E-state index contributed by atoms with van der Waals surface area (Å²) >= 11 is 0. The first-order chi connectivity index (χ1) is 16.4. The lowest BCUT2D eigenvalue weighted by Crippen LogP contribution is -2.23. The largest absolute Gasteiger partial charge is 0.0619 e. The Morgan fingerprint density at radius 2 is 1.06 bits per heavy atom. The second-order valence-corrected chi connectivity index (χ2v) is 11.4. The van der Waals surface area contributed by atoms with Crippen LogP contribution in [0.15, 0.2) is 84.9 Å². The van der Waals surface area contributed by atoms with E-state index in [9.17, 15) is 0 Å². The van der Waals surface area contributed by atoms with Crippen molar-refractivity contribution < 1.29 is 0 Å². The van der Waals surface area contributed by atoms with E-state index in [-0.39, 0.29) is 10.8 Å². The zero-order chi connectivity index (χ0) is 23.0. The van der Waals surface area contributed by atoms with Crippen molar-refractivity contribution in [2.45, 2.75) is 38.5 Å². The summed E-state index contributed by atoms with van der Waals surface area (Å²) in [6, 6.07) is 32.4. The minimum absolute atomic E-state index is 0.0244. The lowest BCUT2D eigenvalue weighted by atomic mass is 9.67. The van der Waals surface area contributed by atoms with Gasteiger partial charge in [-0.1, -0.05) is 100 Å². The van der Waals surface area contributed by atoms with Crippen LogP contribution in [0.3, 0.4) is 0 Å². The molecule has 0 nitrogen and oxygen atoms in total. The highest BCUT2D eigenvalue weighted by molar-refractivity contribution is 6.29. The van der Waals surface area contributed by atoms with Crippen LogP contribution in [0, 0.1) is 0 Å². The summed E-state index contributed by atoms with van der Waals surface area (Å²) in [5.74, 6) is 0. The molecule has 0 heteroatoms. The van der Waals surface area contributed by atoms with Crippen LogP contribution < -0.4 is 0 Å². The highest BCUT2D eigenvalue weighted by Crippen LogP contribution is 2.57. The van der Waals surface area contributed by atoms with Gasteiger partial charge < -0.3 is 0 Å². The van der Waals surface area contributed by atoms with Crippen LogP contribution in [0.25, 0.3) is 54.6 Å². The summed E-state index contributed by atoms with van der Waals surface area (Å²) in [5.41, 5.74) is 11.3. The molecule has 0 amide bonds. The molecular weight excluding hydrogens is 408 g/mol.